The SMILES string of the molecule is CCCCNC(=O)Cn1ccc([N+](=O)[O-])n1. The van der Waals surface area contributed by atoms with E-state index in [1.165, 1.54) is 16.9 Å². The number of carbonyl (C=O) groups excluding carboxylic acids is 1. The lowest BCUT2D eigenvalue weighted by molar-refractivity contribution is -0.389. The standard InChI is InChI=1S/C9H14N4O3/c1-2-3-5-10-9(14)7-12-6-4-8(11-12)13(15)16/h4,6H,2-3,5,7H2,1H3,(H,10,14). The summed E-state index contributed by atoms with van der Waals surface area (Å²) in [7, 11) is 0. The molecule has 88 valence electrons. The van der Waals surface area contributed by atoms with Crippen LogP contribution in [-0.2, 0) is 11.3 Å². The van der Waals surface area contributed by atoms with Gasteiger partial charge in [0.15, 0.2) is 0 Å². The van der Waals surface area contributed by atoms with Gasteiger partial charge in [0.2, 0.25) is 5.91 Å². The van der Waals surface area contributed by atoms with Crippen LogP contribution in [0, 0.1) is 10.1 Å². The predicted octanol–water partition coefficient (Wildman–Crippen LogP) is 0.708. The van der Waals surface area contributed by atoms with Gasteiger partial charge in [-0.05, 0) is 11.3 Å². The maximum absolute atomic E-state index is 11.3. The first kappa shape index (κ1) is 12.2. The molecule has 0 aromatic carbocycles. The summed E-state index contributed by atoms with van der Waals surface area (Å²) in [6, 6.07) is 1.26. The van der Waals surface area contributed by atoms with Crippen LogP contribution in [0.5, 0.6) is 0 Å². The van der Waals surface area contributed by atoms with Gasteiger partial charge >= 0.3 is 5.82 Å². The molecule has 1 heterocycles. The van der Waals surface area contributed by atoms with Gasteiger partial charge < -0.3 is 15.4 Å². The normalized spacial score (nSPS) is 10.1. The Morgan fingerprint density at radius 3 is 3.00 bits per heavy atom. The second kappa shape index (κ2) is 5.84. The predicted molar refractivity (Wildman–Crippen MR) is 56.8 cm³/mol. The van der Waals surface area contributed by atoms with Gasteiger partial charge in [0.1, 0.15) is 6.54 Å². The molecule has 1 aromatic heterocycles. The lowest BCUT2D eigenvalue weighted by Gasteiger charge is -2.01. The van der Waals surface area contributed by atoms with Crippen LogP contribution in [0.25, 0.3) is 0 Å². The molecule has 0 aliphatic heterocycles. The van der Waals surface area contributed by atoms with Crippen molar-refractivity contribution in [2.45, 2.75) is 26.3 Å². The monoisotopic (exact) mass is 226 g/mol. The Labute approximate surface area is 92.6 Å². The van der Waals surface area contributed by atoms with E-state index in [-0.39, 0.29) is 18.3 Å². The zero-order valence-corrected chi connectivity index (χ0v) is 9.05. The number of aromatic nitrogens is 2. The highest BCUT2D eigenvalue weighted by molar-refractivity contribution is 5.75. The summed E-state index contributed by atoms with van der Waals surface area (Å²) < 4.78 is 1.25. The second-order valence-corrected chi connectivity index (χ2v) is 3.33. The molecule has 0 bridgehead atoms. The van der Waals surface area contributed by atoms with E-state index in [4.69, 9.17) is 0 Å². The first-order valence-corrected chi connectivity index (χ1v) is 5.08. The molecule has 1 amide bonds. The van der Waals surface area contributed by atoms with Crippen molar-refractivity contribution in [3.8, 4) is 0 Å². The Kier molecular flexibility index (Phi) is 4.43. The van der Waals surface area contributed by atoms with Crippen molar-refractivity contribution in [2.75, 3.05) is 6.54 Å². The van der Waals surface area contributed by atoms with Crippen molar-refractivity contribution >= 4 is 11.7 Å². The maximum atomic E-state index is 11.3. The van der Waals surface area contributed by atoms with Gasteiger partial charge in [-0.3, -0.25) is 4.79 Å². The molecule has 1 rings (SSSR count). The summed E-state index contributed by atoms with van der Waals surface area (Å²) in [4.78, 5) is 21.1. The Morgan fingerprint density at radius 1 is 1.69 bits per heavy atom. The highest BCUT2D eigenvalue weighted by Crippen LogP contribution is 2.04. The van der Waals surface area contributed by atoms with Gasteiger partial charge in [-0.25, -0.2) is 0 Å². The summed E-state index contributed by atoms with van der Waals surface area (Å²) in [5.74, 6) is -0.437. The minimum atomic E-state index is -0.592. The molecule has 7 nitrogen and oxygen atoms in total. The van der Waals surface area contributed by atoms with E-state index in [9.17, 15) is 14.9 Å². The first-order valence-electron chi connectivity index (χ1n) is 5.08. The molecule has 0 aliphatic rings. The molecule has 0 atom stereocenters. The molecule has 0 spiro atoms. The third-order valence-electron chi connectivity index (χ3n) is 1.97. The van der Waals surface area contributed by atoms with Crippen LogP contribution in [-0.4, -0.2) is 27.2 Å². The molecule has 0 saturated heterocycles. The van der Waals surface area contributed by atoms with Crippen molar-refractivity contribution in [1.82, 2.24) is 15.1 Å². The zero-order valence-electron chi connectivity index (χ0n) is 9.05. The quantitative estimate of drug-likeness (QED) is 0.439. The number of carbonyl (C=O) groups is 1. The third kappa shape index (κ3) is 3.68. The fraction of sp³-hybridized carbons (Fsp3) is 0.556. The molecule has 0 radical (unpaired) electrons. The van der Waals surface area contributed by atoms with Gasteiger partial charge in [0.25, 0.3) is 0 Å². The Morgan fingerprint density at radius 2 is 2.44 bits per heavy atom. The number of hydrogen-bond acceptors (Lipinski definition) is 4. The van der Waals surface area contributed by atoms with E-state index >= 15 is 0 Å². The van der Waals surface area contributed by atoms with Gasteiger partial charge in [-0.2, -0.15) is 4.68 Å². The van der Waals surface area contributed by atoms with Crippen LogP contribution in [0.4, 0.5) is 5.82 Å². The van der Waals surface area contributed by atoms with E-state index < -0.39 is 4.92 Å². The summed E-state index contributed by atoms with van der Waals surface area (Å²) in [5.41, 5.74) is 0. The lowest BCUT2D eigenvalue weighted by atomic mass is 10.3. The number of rotatable bonds is 6. The Bertz CT molecular complexity index is 375. The third-order valence-corrected chi connectivity index (χ3v) is 1.97. The highest BCUT2D eigenvalue weighted by Gasteiger charge is 2.12. The molecular weight excluding hydrogens is 212 g/mol. The van der Waals surface area contributed by atoms with Gasteiger partial charge in [0.05, 0.1) is 17.4 Å². The zero-order chi connectivity index (χ0) is 12.0. The van der Waals surface area contributed by atoms with Gasteiger partial charge in [0, 0.05) is 6.54 Å². The van der Waals surface area contributed by atoms with E-state index in [1.807, 2.05) is 6.92 Å². The number of hydrogen-bond donors (Lipinski definition) is 1. The highest BCUT2D eigenvalue weighted by atomic mass is 16.6. The van der Waals surface area contributed by atoms with Gasteiger partial charge in [-0.1, -0.05) is 13.3 Å². The molecule has 0 unspecified atom stereocenters. The number of unbranched alkanes of at least 4 members (excludes halogenated alkanes) is 1. The number of nitro groups is 1. The second-order valence-electron chi connectivity index (χ2n) is 3.33. The van der Waals surface area contributed by atoms with E-state index in [0.717, 1.165) is 12.8 Å². The average Bonchev–Trinajstić information content (AvgIpc) is 2.66. The van der Waals surface area contributed by atoms with E-state index in [2.05, 4.69) is 10.4 Å². The molecule has 7 heteroatoms. The fourth-order valence-corrected chi connectivity index (χ4v) is 1.14. The largest absolute Gasteiger partial charge is 0.389 e. The summed E-state index contributed by atoms with van der Waals surface area (Å²) in [6.07, 6.45) is 3.34. The van der Waals surface area contributed by atoms with Crippen LogP contribution in [0.2, 0.25) is 0 Å². The smallest absolute Gasteiger partial charge is 0.358 e. The molecule has 0 fully saturated rings. The topological polar surface area (TPSA) is 90.1 Å². The van der Waals surface area contributed by atoms with Crippen molar-refractivity contribution in [3.63, 3.8) is 0 Å². The maximum Gasteiger partial charge on any atom is 0.389 e. The molecule has 0 aliphatic carbocycles. The number of nitrogens with one attached hydrogen (secondary N) is 1. The van der Waals surface area contributed by atoms with Crippen LogP contribution < -0.4 is 5.32 Å². The van der Waals surface area contributed by atoms with E-state index in [0.29, 0.717) is 6.54 Å². The first-order chi connectivity index (χ1) is 7.63. The van der Waals surface area contributed by atoms with Crippen molar-refractivity contribution in [3.05, 3.63) is 22.4 Å². The van der Waals surface area contributed by atoms with Crippen LogP contribution in [0.1, 0.15) is 19.8 Å². The van der Waals surface area contributed by atoms with Crippen molar-refractivity contribution in [1.29, 1.82) is 0 Å². The number of amides is 1. The average molecular weight is 226 g/mol. The molecular formula is C9H14N4O3. The molecule has 1 N–H and O–H groups in total. The van der Waals surface area contributed by atoms with Crippen LogP contribution >= 0.6 is 0 Å². The molecule has 1 aromatic rings. The van der Waals surface area contributed by atoms with E-state index in [1.54, 1.807) is 0 Å². The Hall–Kier alpha value is -1.92. The summed E-state index contributed by atoms with van der Waals surface area (Å²) in [5, 5.41) is 16.7. The van der Waals surface area contributed by atoms with Gasteiger partial charge in [-0.15, -0.1) is 0 Å². The minimum Gasteiger partial charge on any atom is -0.358 e. The number of nitrogens with zero attached hydrogens (tertiary/aromatic N) is 3. The molecule has 16 heavy (non-hydrogen) atoms. The lowest BCUT2D eigenvalue weighted by Crippen LogP contribution is -2.28. The fourth-order valence-electron chi connectivity index (χ4n) is 1.14. The van der Waals surface area contributed by atoms with Crippen LogP contribution in [0.15, 0.2) is 12.3 Å². The summed E-state index contributed by atoms with van der Waals surface area (Å²) >= 11 is 0. The molecule has 0 saturated carbocycles. The van der Waals surface area contributed by atoms with Crippen molar-refractivity contribution in [2.24, 2.45) is 0 Å². The summed E-state index contributed by atoms with van der Waals surface area (Å²) in [6.45, 7) is 2.67. The van der Waals surface area contributed by atoms with Crippen LogP contribution in [0.3, 0.4) is 0 Å². The Balaban J connectivity index is 2.40. The van der Waals surface area contributed by atoms with Crippen molar-refractivity contribution < 1.29 is 9.72 Å². The minimum absolute atomic E-state index is 0.0115.